The number of allylic oxidation sites excluding steroid dienone is 1. The zero-order chi connectivity index (χ0) is 21.5. The minimum absolute atomic E-state index is 0.168. The molecule has 2 aromatic heterocycles. The van der Waals surface area contributed by atoms with Gasteiger partial charge in [-0.05, 0) is 31.0 Å². The molecule has 2 heterocycles. The number of aromatic nitrogens is 5. The van der Waals surface area contributed by atoms with Crippen LogP contribution in [0.15, 0.2) is 36.0 Å². The van der Waals surface area contributed by atoms with Crippen LogP contribution in [0.3, 0.4) is 0 Å². The van der Waals surface area contributed by atoms with Crippen LogP contribution in [0.4, 0.5) is 5.13 Å². The van der Waals surface area contributed by atoms with Crippen LogP contribution in [0.1, 0.15) is 23.3 Å². The molecule has 0 saturated heterocycles. The predicted molar refractivity (Wildman–Crippen MR) is 119 cm³/mol. The Morgan fingerprint density at radius 1 is 1.37 bits per heavy atom. The molecule has 30 heavy (non-hydrogen) atoms. The number of anilines is 1. The van der Waals surface area contributed by atoms with Crippen molar-refractivity contribution in [1.29, 1.82) is 0 Å². The molecule has 0 aliphatic carbocycles. The quantitative estimate of drug-likeness (QED) is 0.355. The van der Waals surface area contributed by atoms with E-state index in [1.807, 2.05) is 30.5 Å². The van der Waals surface area contributed by atoms with Crippen molar-refractivity contribution < 1.29 is 9.53 Å². The van der Waals surface area contributed by atoms with Gasteiger partial charge in [-0.2, -0.15) is 0 Å². The van der Waals surface area contributed by atoms with Gasteiger partial charge in [0.15, 0.2) is 11.0 Å². The van der Waals surface area contributed by atoms with Crippen LogP contribution in [-0.4, -0.2) is 36.6 Å². The molecule has 3 rings (SSSR count). The summed E-state index contributed by atoms with van der Waals surface area (Å²) >= 11 is 8.84. The average Bonchev–Trinajstić information content (AvgIpc) is 3.34. The van der Waals surface area contributed by atoms with Crippen molar-refractivity contribution >= 4 is 45.7 Å². The standard InChI is InChI=1S/C19H21ClN6O2S2/c1-4-8-26-15(10-28-14-9-12(3)6-7-13(14)20)22-25-19(26)29-11-16(27)21-18-24-23-17(5-2)30-18/h4,6-7,9H,1,5,8,10-11H2,2-3H3,(H,21,24,27). The summed E-state index contributed by atoms with van der Waals surface area (Å²) in [5.74, 6) is 1.19. The Bertz CT molecular complexity index is 1040. The molecule has 11 heteroatoms. The van der Waals surface area contributed by atoms with Crippen LogP contribution >= 0.6 is 34.7 Å². The second kappa shape index (κ2) is 10.6. The number of hydrogen-bond acceptors (Lipinski definition) is 8. The number of ether oxygens (including phenoxy) is 1. The van der Waals surface area contributed by atoms with Crippen molar-refractivity contribution in [2.75, 3.05) is 11.1 Å². The first-order valence-corrected chi connectivity index (χ1v) is 11.3. The molecule has 0 atom stereocenters. The van der Waals surface area contributed by atoms with E-state index in [2.05, 4.69) is 32.3 Å². The summed E-state index contributed by atoms with van der Waals surface area (Å²) in [5.41, 5.74) is 1.05. The van der Waals surface area contributed by atoms with Crippen molar-refractivity contribution in [1.82, 2.24) is 25.0 Å². The van der Waals surface area contributed by atoms with Gasteiger partial charge >= 0.3 is 0 Å². The normalized spacial score (nSPS) is 10.8. The zero-order valence-corrected chi connectivity index (χ0v) is 19.0. The zero-order valence-electron chi connectivity index (χ0n) is 16.6. The third kappa shape index (κ3) is 5.80. The van der Waals surface area contributed by atoms with Crippen molar-refractivity contribution in [3.05, 3.63) is 52.3 Å². The summed E-state index contributed by atoms with van der Waals surface area (Å²) in [7, 11) is 0. The highest BCUT2D eigenvalue weighted by Gasteiger charge is 2.15. The molecule has 0 aliphatic rings. The minimum Gasteiger partial charge on any atom is -0.484 e. The van der Waals surface area contributed by atoms with Gasteiger partial charge in [0.2, 0.25) is 11.0 Å². The van der Waals surface area contributed by atoms with Crippen molar-refractivity contribution in [2.24, 2.45) is 0 Å². The number of rotatable bonds is 10. The van der Waals surface area contributed by atoms with E-state index in [1.165, 1.54) is 23.1 Å². The maximum atomic E-state index is 12.2. The van der Waals surface area contributed by atoms with Crippen LogP contribution in [0.5, 0.6) is 5.75 Å². The average molecular weight is 465 g/mol. The van der Waals surface area contributed by atoms with Crippen molar-refractivity contribution in [3.8, 4) is 5.75 Å². The maximum Gasteiger partial charge on any atom is 0.236 e. The van der Waals surface area contributed by atoms with Crippen molar-refractivity contribution in [3.63, 3.8) is 0 Å². The smallest absolute Gasteiger partial charge is 0.236 e. The van der Waals surface area contributed by atoms with E-state index in [-0.39, 0.29) is 18.3 Å². The molecular weight excluding hydrogens is 444 g/mol. The number of hydrogen-bond donors (Lipinski definition) is 1. The lowest BCUT2D eigenvalue weighted by atomic mass is 10.2. The highest BCUT2D eigenvalue weighted by Crippen LogP contribution is 2.26. The Morgan fingerprint density at radius 3 is 2.93 bits per heavy atom. The number of aryl methyl sites for hydroxylation is 2. The van der Waals surface area contributed by atoms with Gasteiger partial charge in [0.1, 0.15) is 17.4 Å². The monoisotopic (exact) mass is 464 g/mol. The second-order valence-corrected chi connectivity index (χ2v) is 8.62. The van der Waals surface area contributed by atoms with E-state index >= 15 is 0 Å². The summed E-state index contributed by atoms with van der Waals surface area (Å²) in [6.45, 7) is 8.43. The van der Waals surface area contributed by atoms with E-state index < -0.39 is 0 Å². The fraction of sp³-hybridized carbons (Fsp3) is 0.316. The summed E-state index contributed by atoms with van der Waals surface area (Å²) in [5, 5.41) is 21.6. The molecule has 1 amide bonds. The molecule has 0 fully saturated rings. The molecule has 0 unspecified atom stereocenters. The Labute approximate surface area is 187 Å². The lowest BCUT2D eigenvalue weighted by Crippen LogP contribution is -2.15. The van der Waals surface area contributed by atoms with Gasteiger partial charge in [-0.15, -0.1) is 27.0 Å². The second-order valence-electron chi connectivity index (χ2n) is 6.21. The molecule has 1 aromatic carbocycles. The predicted octanol–water partition coefficient (Wildman–Crippen LogP) is 4.15. The fourth-order valence-electron chi connectivity index (χ4n) is 2.44. The molecule has 0 spiro atoms. The lowest BCUT2D eigenvalue weighted by molar-refractivity contribution is -0.113. The van der Waals surface area contributed by atoms with Gasteiger partial charge < -0.3 is 4.74 Å². The van der Waals surface area contributed by atoms with Gasteiger partial charge in [0, 0.05) is 6.54 Å². The number of thioether (sulfide) groups is 1. The van der Waals surface area contributed by atoms with Crippen molar-refractivity contribution in [2.45, 2.75) is 38.6 Å². The van der Waals surface area contributed by atoms with Gasteiger partial charge in [-0.3, -0.25) is 14.7 Å². The molecule has 8 nitrogen and oxygen atoms in total. The highest BCUT2D eigenvalue weighted by atomic mass is 35.5. The topological polar surface area (TPSA) is 94.8 Å². The summed E-state index contributed by atoms with van der Waals surface area (Å²) in [6, 6.07) is 5.58. The molecule has 0 bridgehead atoms. The van der Waals surface area contributed by atoms with Gasteiger partial charge in [0.25, 0.3) is 0 Å². The third-order valence-electron chi connectivity index (χ3n) is 3.90. The minimum atomic E-state index is -0.184. The van der Waals surface area contributed by atoms with Crippen LogP contribution < -0.4 is 10.1 Å². The SMILES string of the molecule is C=CCn1c(COc2cc(C)ccc2Cl)nnc1SCC(=O)Nc1nnc(CC)s1. The molecular formula is C19H21ClN6O2S2. The van der Waals surface area contributed by atoms with Crippen LogP contribution in [-0.2, 0) is 24.4 Å². The van der Waals surface area contributed by atoms with Gasteiger partial charge in [-0.1, -0.05) is 53.8 Å². The number of carbonyl (C=O) groups is 1. The highest BCUT2D eigenvalue weighted by molar-refractivity contribution is 7.99. The number of amides is 1. The van der Waals surface area contributed by atoms with E-state index in [0.29, 0.717) is 33.4 Å². The summed E-state index contributed by atoms with van der Waals surface area (Å²) < 4.78 is 7.69. The first-order valence-electron chi connectivity index (χ1n) is 9.17. The molecule has 0 aliphatic heterocycles. The Kier molecular flexibility index (Phi) is 7.83. The van der Waals surface area contributed by atoms with Crippen LogP contribution in [0.2, 0.25) is 5.02 Å². The molecule has 158 valence electrons. The van der Waals surface area contributed by atoms with E-state index in [9.17, 15) is 4.79 Å². The number of benzene rings is 1. The molecule has 3 aromatic rings. The number of nitrogens with zero attached hydrogens (tertiary/aromatic N) is 5. The van der Waals surface area contributed by atoms with E-state index in [1.54, 1.807) is 12.1 Å². The Hall–Kier alpha value is -2.43. The Balaban J connectivity index is 1.62. The van der Waals surface area contributed by atoms with Gasteiger partial charge in [0.05, 0.1) is 10.8 Å². The van der Waals surface area contributed by atoms with Gasteiger partial charge in [-0.25, -0.2) is 0 Å². The molecule has 1 N–H and O–H groups in total. The third-order valence-corrected chi connectivity index (χ3v) is 6.16. The summed E-state index contributed by atoms with van der Waals surface area (Å²) in [6.07, 6.45) is 2.52. The summed E-state index contributed by atoms with van der Waals surface area (Å²) in [4.78, 5) is 12.2. The fourth-order valence-corrected chi connectivity index (χ4v) is 4.08. The molecule has 0 saturated carbocycles. The van der Waals surface area contributed by atoms with Crippen LogP contribution in [0, 0.1) is 6.92 Å². The number of halogens is 1. The Morgan fingerprint density at radius 2 is 2.20 bits per heavy atom. The van der Waals surface area contributed by atoms with E-state index in [0.717, 1.165) is 17.0 Å². The number of nitrogens with one attached hydrogen (secondary N) is 1. The first-order chi connectivity index (χ1) is 14.5. The van der Waals surface area contributed by atoms with E-state index in [4.69, 9.17) is 16.3 Å². The lowest BCUT2D eigenvalue weighted by Gasteiger charge is -2.10. The first kappa shape index (κ1) is 22.3. The largest absolute Gasteiger partial charge is 0.484 e. The maximum absolute atomic E-state index is 12.2. The van der Waals surface area contributed by atoms with Crippen LogP contribution in [0.25, 0.3) is 0 Å². The number of carbonyl (C=O) groups excluding carboxylic acids is 1. The molecule has 0 radical (unpaired) electrons.